The van der Waals surface area contributed by atoms with Crippen LogP contribution in [0.2, 0.25) is 0 Å². The summed E-state index contributed by atoms with van der Waals surface area (Å²) in [5, 5.41) is 2.03. The van der Waals surface area contributed by atoms with E-state index in [0.29, 0.717) is 18.7 Å². The average molecular weight is 314 g/mol. The van der Waals surface area contributed by atoms with Crippen LogP contribution < -0.4 is 0 Å². The molecule has 2 aromatic rings. The third-order valence-corrected chi connectivity index (χ3v) is 4.94. The van der Waals surface area contributed by atoms with Gasteiger partial charge < -0.3 is 0 Å². The smallest absolute Gasteiger partial charge is 0.152 e. The van der Waals surface area contributed by atoms with Crippen LogP contribution in [0.3, 0.4) is 0 Å². The Kier molecular flexibility index (Phi) is 5.38. The van der Waals surface area contributed by atoms with Crippen LogP contribution in [0.5, 0.6) is 0 Å². The number of carbonyl (C=O) groups is 1. The molecule has 1 aromatic carbocycles. The summed E-state index contributed by atoms with van der Waals surface area (Å²) in [7, 11) is 0. The summed E-state index contributed by atoms with van der Waals surface area (Å²) in [5.74, 6) is 0.332. The third-order valence-electron chi connectivity index (χ3n) is 4.07. The molecule has 1 saturated heterocycles. The number of nitrogens with zero attached hydrogens (tertiary/aromatic N) is 2. The average Bonchev–Trinajstić information content (AvgIpc) is 3.03. The van der Waals surface area contributed by atoms with Crippen LogP contribution in [0.15, 0.2) is 47.8 Å². The molecule has 4 heteroatoms. The lowest BCUT2D eigenvalue weighted by atomic mass is 10.2. The molecule has 0 amide bonds. The van der Waals surface area contributed by atoms with Crippen LogP contribution in [0.1, 0.15) is 10.4 Å². The van der Waals surface area contributed by atoms with E-state index in [2.05, 4.69) is 40.1 Å². The fourth-order valence-electron chi connectivity index (χ4n) is 2.86. The van der Waals surface area contributed by atoms with Crippen molar-refractivity contribution in [3.63, 3.8) is 0 Å². The molecule has 22 heavy (non-hydrogen) atoms. The van der Waals surface area contributed by atoms with Crippen molar-refractivity contribution in [1.82, 2.24) is 9.80 Å². The number of hydrogen-bond acceptors (Lipinski definition) is 4. The molecular formula is C18H22N2OS. The highest BCUT2D eigenvalue weighted by Gasteiger charge is 2.19. The van der Waals surface area contributed by atoms with E-state index in [1.165, 1.54) is 10.4 Å². The molecular weight excluding hydrogens is 292 g/mol. The van der Waals surface area contributed by atoms with Gasteiger partial charge in [-0.1, -0.05) is 36.4 Å². The minimum absolute atomic E-state index is 0.332. The molecule has 1 aliphatic heterocycles. The minimum Gasteiger partial charge on any atom is -0.298 e. The van der Waals surface area contributed by atoms with Crippen molar-refractivity contribution in [2.24, 2.45) is 0 Å². The Bertz CT molecular complexity index is 574. The molecule has 0 radical (unpaired) electrons. The summed E-state index contributed by atoms with van der Waals surface area (Å²) in [5.41, 5.74) is 1.37. The van der Waals surface area contributed by atoms with E-state index in [0.717, 1.165) is 32.7 Å². The van der Waals surface area contributed by atoms with Crippen LogP contribution in [0.4, 0.5) is 0 Å². The normalized spacial score (nSPS) is 16.7. The molecule has 1 aromatic heterocycles. The third kappa shape index (κ3) is 4.50. The van der Waals surface area contributed by atoms with Crippen molar-refractivity contribution in [2.45, 2.75) is 13.0 Å². The summed E-state index contributed by atoms with van der Waals surface area (Å²) in [4.78, 5) is 18.0. The first-order valence-corrected chi connectivity index (χ1v) is 8.70. The lowest BCUT2D eigenvalue weighted by molar-refractivity contribution is -0.119. The molecule has 0 saturated carbocycles. The number of piperazine rings is 1. The topological polar surface area (TPSA) is 23.6 Å². The molecule has 0 N–H and O–H groups in total. The van der Waals surface area contributed by atoms with Gasteiger partial charge in [-0.15, -0.1) is 11.3 Å². The molecule has 0 spiro atoms. The maximum atomic E-state index is 12.1. The van der Waals surface area contributed by atoms with Crippen molar-refractivity contribution >= 4 is 17.1 Å². The Morgan fingerprint density at radius 1 is 0.955 bits per heavy atom. The summed E-state index contributed by atoms with van der Waals surface area (Å²) < 4.78 is 0. The number of thiophene rings is 1. The van der Waals surface area contributed by atoms with Gasteiger partial charge in [0.05, 0.1) is 6.54 Å². The standard InChI is InChI=1S/C18H22N2OS/c21-17(13-18-7-4-12-22-18)15-20-10-8-19(9-11-20)14-16-5-2-1-3-6-16/h1-7,12H,8-11,13-15H2. The van der Waals surface area contributed by atoms with Crippen molar-refractivity contribution in [1.29, 1.82) is 0 Å². The van der Waals surface area contributed by atoms with E-state index in [1.54, 1.807) is 11.3 Å². The van der Waals surface area contributed by atoms with E-state index >= 15 is 0 Å². The maximum Gasteiger partial charge on any atom is 0.152 e. The fraction of sp³-hybridized carbons (Fsp3) is 0.389. The van der Waals surface area contributed by atoms with Crippen molar-refractivity contribution < 1.29 is 4.79 Å². The van der Waals surface area contributed by atoms with Crippen LogP contribution in [0.25, 0.3) is 0 Å². The Hall–Kier alpha value is -1.49. The first-order valence-electron chi connectivity index (χ1n) is 7.82. The fourth-order valence-corrected chi connectivity index (χ4v) is 3.59. The summed E-state index contributed by atoms with van der Waals surface area (Å²) in [6.45, 7) is 5.67. The van der Waals surface area contributed by atoms with Crippen molar-refractivity contribution in [3.05, 3.63) is 58.3 Å². The van der Waals surface area contributed by atoms with E-state index in [1.807, 2.05) is 17.5 Å². The van der Waals surface area contributed by atoms with Gasteiger partial charge in [0.15, 0.2) is 5.78 Å². The molecule has 116 valence electrons. The number of benzene rings is 1. The van der Waals surface area contributed by atoms with E-state index in [4.69, 9.17) is 0 Å². The predicted molar refractivity (Wildman–Crippen MR) is 91.2 cm³/mol. The molecule has 0 aliphatic carbocycles. The quantitative estimate of drug-likeness (QED) is 0.819. The Morgan fingerprint density at radius 3 is 2.36 bits per heavy atom. The van der Waals surface area contributed by atoms with Crippen LogP contribution in [-0.2, 0) is 17.8 Å². The van der Waals surface area contributed by atoms with Gasteiger partial charge in [0.25, 0.3) is 0 Å². The van der Waals surface area contributed by atoms with Gasteiger partial charge in [0.2, 0.25) is 0 Å². The van der Waals surface area contributed by atoms with Gasteiger partial charge in [-0.3, -0.25) is 14.6 Å². The molecule has 0 bridgehead atoms. The van der Waals surface area contributed by atoms with Gasteiger partial charge in [-0.25, -0.2) is 0 Å². The molecule has 3 nitrogen and oxygen atoms in total. The number of rotatable bonds is 6. The number of ketones is 1. The van der Waals surface area contributed by atoms with E-state index in [9.17, 15) is 4.79 Å². The van der Waals surface area contributed by atoms with Crippen LogP contribution >= 0.6 is 11.3 Å². The van der Waals surface area contributed by atoms with Gasteiger partial charge in [0.1, 0.15) is 0 Å². The molecule has 2 heterocycles. The van der Waals surface area contributed by atoms with Gasteiger partial charge in [-0.05, 0) is 17.0 Å². The highest BCUT2D eigenvalue weighted by molar-refractivity contribution is 7.10. The van der Waals surface area contributed by atoms with Crippen LogP contribution in [-0.4, -0.2) is 48.3 Å². The zero-order chi connectivity index (χ0) is 15.2. The Labute approximate surface area is 136 Å². The summed E-state index contributed by atoms with van der Waals surface area (Å²) in [6.07, 6.45) is 0.585. The SMILES string of the molecule is O=C(Cc1cccs1)CN1CCN(Cc2ccccc2)CC1. The number of hydrogen-bond donors (Lipinski definition) is 0. The molecule has 0 atom stereocenters. The molecule has 0 unspecified atom stereocenters. The van der Waals surface area contributed by atoms with E-state index < -0.39 is 0 Å². The monoisotopic (exact) mass is 314 g/mol. The highest BCUT2D eigenvalue weighted by Crippen LogP contribution is 2.11. The van der Waals surface area contributed by atoms with Gasteiger partial charge in [-0.2, -0.15) is 0 Å². The molecule has 3 rings (SSSR count). The van der Waals surface area contributed by atoms with Crippen LogP contribution in [0, 0.1) is 0 Å². The first-order chi connectivity index (χ1) is 10.8. The second-order valence-electron chi connectivity index (χ2n) is 5.83. The number of Topliss-reactive ketones (excluding diaryl/α,β-unsaturated/α-hetero) is 1. The zero-order valence-corrected chi connectivity index (χ0v) is 13.6. The van der Waals surface area contributed by atoms with E-state index in [-0.39, 0.29) is 0 Å². The first kappa shape index (κ1) is 15.4. The Morgan fingerprint density at radius 2 is 1.68 bits per heavy atom. The Balaban J connectivity index is 1.41. The lowest BCUT2D eigenvalue weighted by Gasteiger charge is -2.34. The second-order valence-corrected chi connectivity index (χ2v) is 6.86. The van der Waals surface area contributed by atoms with Crippen molar-refractivity contribution in [2.75, 3.05) is 32.7 Å². The highest BCUT2D eigenvalue weighted by atomic mass is 32.1. The summed E-state index contributed by atoms with van der Waals surface area (Å²) >= 11 is 1.67. The zero-order valence-electron chi connectivity index (χ0n) is 12.8. The van der Waals surface area contributed by atoms with Crippen molar-refractivity contribution in [3.8, 4) is 0 Å². The largest absolute Gasteiger partial charge is 0.298 e. The maximum absolute atomic E-state index is 12.1. The van der Waals surface area contributed by atoms with Gasteiger partial charge >= 0.3 is 0 Å². The second kappa shape index (κ2) is 7.68. The summed E-state index contributed by atoms with van der Waals surface area (Å²) in [6, 6.07) is 14.6. The number of carbonyl (C=O) groups excluding carboxylic acids is 1. The molecule has 1 fully saturated rings. The minimum atomic E-state index is 0.332. The molecule has 1 aliphatic rings. The predicted octanol–water partition coefficient (Wildman–Crippen LogP) is 2.68. The van der Waals surface area contributed by atoms with Gasteiger partial charge in [0, 0.05) is 44.0 Å². The lowest BCUT2D eigenvalue weighted by Crippen LogP contribution is -2.47.